The molecule has 0 spiro atoms. The quantitative estimate of drug-likeness (QED) is 0.617. The van der Waals surface area contributed by atoms with E-state index >= 15 is 0 Å². The Morgan fingerprint density at radius 2 is 1.94 bits per heavy atom. The number of benzene rings is 1. The highest BCUT2D eigenvalue weighted by molar-refractivity contribution is 14.1. The minimum atomic E-state index is 0.197. The zero-order chi connectivity index (χ0) is 13.1. The molecule has 0 saturated carbocycles. The fourth-order valence-corrected chi connectivity index (χ4v) is 2.24. The lowest BCUT2D eigenvalue weighted by Crippen LogP contribution is -2.07. The third-order valence-corrected chi connectivity index (χ3v) is 3.74. The van der Waals surface area contributed by atoms with Crippen LogP contribution in [0.25, 0.3) is 0 Å². The molecule has 2 rings (SSSR count). The topological polar surface area (TPSA) is 24.9 Å². The van der Waals surface area contributed by atoms with Gasteiger partial charge in [-0.05, 0) is 65.8 Å². The molecule has 2 aromatic rings. The van der Waals surface area contributed by atoms with Gasteiger partial charge in [0.15, 0.2) is 5.15 Å². The average Bonchev–Trinajstić information content (AvgIpc) is 2.34. The van der Waals surface area contributed by atoms with Crippen LogP contribution in [0.5, 0.6) is 0 Å². The van der Waals surface area contributed by atoms with Crippen LogP contribution in [0.15, 0.2) is 36.5 Å². The van der Waals surface area contributed by atoms with E-state index in [2.05, 4.69) is 64.1 Å². The van der Waals surface area contributed by atoms with Crippen LogP contribution in [0, 0.1) is 10.5 Å². The van der Waals surface area contributed by atoms with Crippen molar-refractivity contribution >= 4 is 39.9 Å². The van der Waals surface area contributed by atoms with Crippen molar-refractivity contribution in [3.05, 3.63) is 56.4 Å². The number of anilines is 1. The van der Waals surface area contributed by atoms with Crippen molar-refractivity contribution in [2.45, 2.75) is 19.9 Å². The van der Waals surface area contributed by atoms with Gasteiger partial charge in [0.2, 0.25) is 0 Å². The first-order chi connectivity index (χ1) is 8.56. The summed E-state index contributed by atoms with van der Waals surface area (Å²) in [4.78, 5) is 4.14. The van der Waals surface area contributed by atoms with E-state index in [1.807, 2.05) is 13.0 Å². The summed E-state index contributed by atoms with van der Waals surface area (Å²) in [5.74, 6) is 0. The Labute approximate surface area is 126 Å². The monoisotopic (exact) mass is 372 g/mol. The van der Waals surface area contributed by atoms with E-state index in [-0.39, 0.29) is 6.04 Å². The molecule has 1 atom stereocenters. The summed E-state index contributed by atoms with van der Waals surface area (Å²) in [7, 11) is 0. The van der Waals surface area contributed by atoms with Crippen molar-refractivity contribution < 1.29 is 0 Å². The molecular formula is C14H14ClIN2. The number of pyridine rings is 1. The van der Waals surface area contributed by atoms with Crippen molar-refractivity contribution in [1.29, 1.82) is 0 Å². The normalized spacial score (nSPS) is 12.2. The molecule has 94 valence electrons. The second-order valence-corrected chi connectivity index (χ2v) is 5.87. The van der Waals surface area contributed by atoms with Crippen LogP contribution in [0.2, 0.25) is 5.15 Å². The Hall–Kier alpha value is -0.810. The Morgan fingerprint density at radius 3 is 2.61 bits per heavy atom. The summed E-state index contributed by atoms with van der Waals surface area (Å²) in [6.07, 6.45) is 1.77. The third-order valence-electron chi connectivity index (χ3n) is 2.72. The molecule has 1 heterocycles. The summed E-state index contributed by atoms with van der Waals surface area (Å²) >= 11 is 8.38. The molecule has 2 nitrogen and oxygen atoms in total. The van der Waals surface area contributed by atoms with Gasteiger partial charge in [-0.25, -0.2) is 4.98 Å². The lowest BCUT2D eigenvalue weighted by atomic mass is 10.1. The van der Waals surface area contributed by atoms with Crippen LogP contribution >= 0.6 is 34.2 Å². The Morgan fingerprint density at radius 1 is 1.28 bits per heavy atom. The number of halogens is 2. The van der Waals surface area contributed by atoms with Gasteiger partial charge in [-0.15, -0.1) is 0 Å². The number of hydrogen-bond donors (Lipinski definition) is 1. The summed E-state index contributed by atoms with van der Waals surface area (Å²) in [5.41, 5.74) is 3.20. The van der Waals surface area contributed by atoms with E-state index in [1.54, 1.807) is 6.20 Å². The first-order valence-electron chi connectivity index (χ1n) is 5.70. The molecule has 0 bridgehead atoms. The SMILES string of the molecule is Cc1cnc(Cl)c(NC(C)c2ccc(I)cc2)c1. The average molecular weight is 373 g/mol. The van der Waals surface area contributed by atoms with Crippen molar-refractivity contribution in [2.75, 3.05) is 5.32 Å². The summed E-state index contributed by atoms with van der Waals surface area (Å²) in [6.45, 7) is 4.12. The second-order valence-electron chi connectivity index (χ2n) is 4.27. The lowest BCUT2D eigenvalue weighted by molar-refractivity contribution is 0.882. The van der Waals surface area contributed by atoms with Gasteiger partial charge in [0.05, 0.1) is 5.69 Å². The molecule has 0 saturated heterocycles. The van der Waals surface area contributed by atoms with Crippen LogP contribution in [0.3, 0.4) is 0 Å². The standard InChI is InChI=1S/C14H14ClIN2/c1-9-7-13(14(15)17-8-9)18-10(2)11-3-5-12(16)6-4-11/h3-8,10,18H,1-2H3. The van der Waals surface area contributed by atoms with E-state index in [1.165, 1.54) is 9.13 Å². The lowest BCUT2D eigenvalue weighted by Gasteiger charge is -2.16. The maximum atomic E-state index is 6.08. The third kappa shape index (κ3) is 3.36. The maximum absolute atomic E-state index is 6.08. The number of nitrogens with zero attached hydrogens (tertiary/aromatic N) is 1. The van der Waals surface area contributed by atoms with Crippen LogP contribution in [0.1, 0.15) is 24.1 Å². The second kappa shape index (κ2) is 5.89. The van der Waals surface area contributed by atoms with E-state index in [4.69, 9.17) is 11.6 Å². The molecule has 0 radical (unpaired) electrons. The minimum absolute atomic E-state index is 0.197. The van der Waals surface area contributed by atoms with E-state index in [0.717, 1.165) is 11.3 Å². The van der Waals surface area contributed by atoms with Gasteiger partial charge in [-0.1, -0.05) is 23.7 Å². The molecule has 1 N–H and O–H groups in total. The Kier molecular flexibility index (Phi) is 4.45. The Balaban J connectivity index is 2.18. The fourth-order valence-electron chi connectivity index (χ4n) is 1.72. The van der Waals surface area contributed by atoms with Gasteiger partial charge >= 0.3 is 0 Å². The predicted molar refractivity (Wildman–Crippen MR) is 85.2 cm³/mol. The van der Waals surface area contributed by atoms with Gasteiger partial charge in [0, 0.05) is 15.8 Å². The molecule has 1 aromatic heterocycles. The van der Waals surface area contributed by atoms with Crippen molar-refractivity contribution in [3.63, 3.8) is 0 Å². The molecule has 4 heteroatoms. The highest BCUT2D eigenvalue weighted by atomic mass is 127. The summed E-state index contributed by atoms with van der Waals surface area (Å²) in [5, 5.41) is 3.90. The molecule has 1 unspecified atom stereocenters. The van der Waals surface area contributed by atoms with E-state index in [0.29, 0.717) is 5.15 Å². The number of aryl methyl sites for hydroxylation is 1. The number of aromatic nitrogens is 1. The first kappa shape index (κ1) is 13.6. The molecule has 18 heavy (non-hydrogen) atoms. The smallest absolute Gasteiger partial charge is 0.152 e. The maximum Gasteiger partial charge on any atom is 0.152 e. The highest BCUT2D eigenvalue weighted by Gasteiger charge is 2.08. The van der Waals surface area contributed by atoms with Gasteiger partial charge in [0.25, 0.3) is 0 Å². The highest BCUT2D eigenvalue weighted by Crippen LogP contribution is 2.25. The number of hydrogen-bond acceptors (Lipinski definition) is 2. The zero-order valence-corrected chi connectivity index (χ0v) is 13.2. The van der Waals surface area contributed by atoms with Gasteiger partial charge in [0.1, 0.15) is 0 Å². The van der Waals surface area contributed by atoms with Gasteiger partial charge in [-0.2, -0.15) is 0 Å². The molecular weight excluding hydrogens is 359 g/mol. The predicted octanol–water partition coefficient (Wildman–Crippen LogP) is 4.82. The fraction of sp³-hybridized carbons (Fsp3) is 0.214. The number of rotatable bonds is 3. The van der Waals surface area contributed by atoms with Crippen LogP contribution in [0.4, 0.5) is 5.69 Å². The molecule has 0 aliphatic heterocycles. The first-order valence-corrected chi connectivity index (χ1v) is 7.16. The van der Waals surface area contributed by atoms with Crippen molar-refractivity contribution in [3.8, 4) is 0 Å². The molecule has 0 amide bonds. The number of nitrogens with one attached hydrogen (secondary N) is 1. The molecule has 1 aromatic carbocycles. The van der Waals surface area contributed by atoms with E-state index in [9.17, 15) is 0 Å². The van der Waals surface area contributed by atoms with Gasteiger partial charge in [-0.3, -0.25) is 0 Å². The van der Waals surface area contributed by atoms with Crippen LogP contribution in [-0.2, 0) is 0 Å². The minimum Gasteiger partial charge on any atom is -0.376 e. The zero-order valence-electron chi connectivity index (χ0n) is 10.2. The van der Waals surface area contributed by atoms with Gasteiger partial charge < -0.3 is 5.32 Å². The van der Waals surface area contributed by atoms with Crippen LogP contribution in [-0.4, -0.2) is 4.98 Å². The molecule has 0 aliphatic rings. The van der Waals surface area contributed by atoms with Crippen LogP contribution < -0.4 is 5.32 Å². The van der Waals surface area contributed by atoms with Crippen molar-refractivity contribution in [1.82, 2.24) is 4.98 Å². The summed E-state index contributed by atoms with van der Waals surface area (Å²) in [6, 6.07) is 10.7. The van der Waals surface area contributed by atoms with E-state index < -0.39 is 0 Å². The molecule has 0 fully saturated rings. The largest absolute Gasteiger partial charge is 0.376 e. The summed E-state index contributed by atoms with van der Waals surface area (Å²) < 4.78 is 1.24. The Bertz CT molecular complexity index is 540. The molecule has 0 aliphatic carbocycles. The van der Waals surface area contributed by atoms with Crippen molar-refractivity contribution in [2.24, 2.45) is 0 Å².